The Morgan fingerprint density at radius 2 is 1.64 bits per heavy atom. The molecule has 1 aromatic heterocycles. The molecule has 2 heterocycles. The molecule has 1 aliphatic heterocycles. The fourth-order valence-corrected chi connectivity index (χ4v) is 2.99. The van der Waals surface area contributed by atoms with E-state index in [0.29, 0.717) is 0 Å². The Balaban J connectivity index is 1.96. The third-order valence-electron chi connectivity index (χ3n) is 4.12. The summed E-state index contributed by atoms with van der Waals surface area (Å²) < 4.78 is 0. The molecule has 0 fully saturated rings. The van der Waals surface area contributed by atoms with Gasteiger partial charge in [-0.2, -0.15) is 0 Å². The molecule has 0 spiro atoms. The van der Waals surface area contributed by atoms with Crippen molar-refractivity contribution < 1.29 is 0 Å². The monoisotopic (exact) mass is 287 g/mol. The third-order valence-corrected chi connectivity index (χ3v) is 4.12. The molecular formula is C19H17N3. The summed E-state index contributed by atoms with van der Waals surface area (Å²) in [6, 6.07) is 17.1. The molecule has 4 rings (SSSR count). The fraction of sp³-hybridized carbons (Fsp3) is 0.158. The van der Waals surface area contributed by atoms with E-state index >= 15 is 0 Å². The molecule has 3 nitrogen and oxygen atoms in total. The molecule has 0 unspecified atom stereocenters. The highest BCUT2D eigenvalue weighted by molar-refractivity contribution is 5.78. The highest BCUT2D eigenvalue weighted by Gasteiger charge is 2.23. The zero-order chi connectivity index (χ0) is 14.9. The third kappa shape index (κ3) is 2.15. The average molecular weight is 287 g/mol. The lowest BCUT2D eigenvalue weighted by Crippen LogP contribution is -2.13. The first-order chi connectivity index (χ1) is 10.8. The van der Waals surface area contributed by atoms with Crippen molar-refractivity contribution in [3.63, 3.8) is 0 Å². The number of benzene rings is 2. The van der Waals surface area contributed by atoms with Crippen LogP contribution in [0, 0.1) is 6.92 Å². The summed E-state index contributed by atoms with van der Waals surface area (Å²) >= 11 is 0. The van der Waals surface area contributed by atoms with Crippen molar-refractivity contribution in [1.29, 1.82) is 0 Å². The first-order valence-corrected chi connectivity index (χ1v) is 7.57. The van der Waals surface area contributed by atoms with Gasteiger partial charge < -0.3 is 0 Å². The Kier molecular flexibility index (Phi) is 3.11. The van der Waals surface area contributed by atoms with Crippen LogP contribution >= 0.6 is 0 Å². The molecule has 0 radical (unpaired) electrons. The highest BCUT2D eigenvalue weighted by atomic mass is 15.2. The minimum absolute atomic E-state index is 0.919. The van der Waals surface area contributed by atoms with Gasteiger partial charge in [-0.05, 0) is 43.5 Å². The SMILES string of the molecule is Cc1ccc(N2c3ccccc3CCc3nccnc32)cc1. The van der Waals surface area contributed by atoms with Crippen LogP contribution in [0.5, 0.6) is 0 Å². The number of hydrogen-bond acceptors (Lipinski definition) is 3. The van der Waals surface area contributed by atoms with Crippen LogP contribution in [0.1, 0.15) is 16.8 Å². The van der Waals surface area contributed by atoms with E-state index in [9.17, 15) is 0 Å². The molecule has 0 amide bonds. The molecule has 3 heteroatoms. The average Bonchev–Trinajstić information content (AvgIpc) is 2.73. The summed E-state index contributed by atoms with van der Waals surface area (Å²) in [5.41, 5.74) is 5.97. The molecular weight excluding hydrogens is 270 g/mol. The van der Waals surface area contributed by atoms with Gasteiger partial charge in [0.05, 0.1) is 11.4 Å². The summed E-state index contributed by atoms with van der Waals surface area (Å²) in [4.78, 5) is 11.4. The summed E-state index contributed by atoms with van der Waals surface area (Å²) in [5.74, 6) is 0.941. The van der Waals surface area contributed by atoms with E-state index in [2.05, 4.69) is 70.3 Å². The number of aromatic nitrogens is 2. The lowest BCUT2D eigenvalue weighted by molar-refractivity contribution is 0.917. The topological polar surface area (TPSA) is 29.0 Å². The van der Waals surface area contributed by atoms with Crippen molar-refractivity contribution in [2.24, 2.45) is 0 Å². The Morgan fingerprint density at radius 3 is 2.50 bits per heavy atom. The molecule has 1 aliphatic rings. The number of rotatable bonds is 1. The van der Waals surface area contributed by atoms with Gasteiger partial charge in [0.15, 0.2) is 5.82 Å². The molecule has 0 N–H and O–H groups in total. The molecule has 0 saturated heterocycles. The van der Waals surface area contributed by atoms with Crippen molar-refractivity contribution >= 4 is 17.2 Å². The molecule has 0 atom stereocenters. The quantitative estimate of drug-likeness (QED) is 0.666. The van der Waals surface area contributed by atoms with Crippen molar-refractivity contribution in [3.8, 4) is 0 Å². The molecule has 0 saturated carbocycles. The Hall–Kier alpha value is -2.68. The summed E-state index contributed by atoms with van der Waals surface area (Å²) in [6.07, 6.45) is 5.46. The van der Waals surface area contributed by atoms with Crippen molar-refractivity contribution in [2.75, 3.05) is 4.90 Å². The molecule has 2 aromatic carbocycles. The zero-order valence-electron chi connectivity index (χ0n) is 12.5. The van der Waals surface area contributed by atoms with E-state index in [0.717, 1.165) is 30.0 Å². The maximum absolute atomic E-state index is 4.62. The number of para-hydroxylation sites is 1. The van der Waals surface area contributed by atoms with Gasteiger partial charge in [-0.3, -0.25) is 9.88 Å². The first-order valence-electron chi connectivity index (χ1n) is 7.57. The summed E-state index contributed by atoms with van der Waals surface area (Å²) in [5, 5.41) is 0. The maximum Gasteiger partial charge on any atom is 0.159 e. The van der Waals surface area contributed by atoms with E-state index in [1.165, 1.54) is 16.8 Å². The van der Waals surface area contributed by atoms with Gasteiger partial charge in [-0.25, -0.2) is 4.98 Å². The number of anilines is 3. The van der Waals surface area contributed by atoms with Crippen molar-refractivity contribution in [1.82, 2.24) is 9.97 Å². The minimum atomic E-state index is 0.919. The second kappa shape index (κ2) is 5.26. The van der Waals surface area contributed by atoms with Gasteiger partial charge in [0.2, 0.25) is 0 Å². The van der Waals surface area contributed by atoms with E-state index in [1.807, 2.05) is 0 Å². The Morgan fingerprint density at radius 1 is 0.864 bits per heavy atom. The molecule has 108 valence electrons. The smallest absolute Gasteiger partial charge is 0.159 e. The second-order valence-electron chi connectivity index (χ2n) is 5.63. The number of hydrogen-bond donors (Lipinski definition) is 0. The molecule has 22 heavy (non-hydrogen) atoms. The largest absolute Gasteiger partial charge is 0.293 e. The van der Waals surface area contributed by atoms with Crippen LogP contribution in [-0.4, -0.2) is 9.97 Å². The lowest BCUT2D eigenvalue weighted by Gasteiger charge is -2.25. The predicted octanol–water partition coefficient (Wildman–Crippen LogP) is 4.35. The van der Waals surface area contributed by atoms with Crippen LogP contribution in [-0.2, 0) is 12.8 Å². The highest BCUT2D eigenvalue weighted by Crippen LogP contribution is 2.39. The second-order valence-corrected chi connectivity index (χ2v) is 5.63. The van der Waals surface area contributed by atoms with E-state index < -0.39 is 0 Å². The van der Waals surface area contributed by atoms with Crippen molar-refractivity contribution in [3.05, 3.63) is 77.7 Å². The lowest BCUT2D eigenvalue weighted by atomic mass is 10.1. The Bertz CT molecular complexity index is 761. The zero-order valence-corrected chi connectivity index (χ0v) is 12.5. The standard InChI is InChI=1S/C19H17N3/c1-14-6-9-16(10-7-14)22-18-5-3-2-4-15(18)8-11-17-19(22)21-13-12-20-17/h2-7,9-10,12-13H,8,11H2,1H3. The first kappa shape index (κ1) is 13.0. The molecule has 0 bridgehead atoms. The maximum atomic E-state index is 4.62. The fourth-order valence-electron chi connectivity index (χ4n) is 2.99. The number of fused-ring (bicyclic) bond motifs is 2. The predicted molar refractivity (Wildman–Crippen MR) is 88.9 cm³/mol. The van der Waals surface area contributed by atoms with Gasteiger partial charge in [0.25, 0.3) is 0 Å². The Labute approximate surface area is 130 Å². The van der Waals surface area contributed by atoms with Gasteiger partial charge in [0.1, 0.15) is 0 Å². The van der Waals surface area contributed by atoms with Crippen LogP contribution in [0.25, 0.3) is 0 Å². The molecule has 3 aromatic rings. The minimum Gasteiger partial charge on any atom is -0.293 e. The van der Waals surface area contributed by atoms with Crippen LogP contribution in [0.15, 0.2) is 60.9 Å². The van der Waals surface area contributed by atoms with Crippen LogP contribution in [0.3, 0.4) is 0 Å². The van der Waals surface area contributed by atoms with Gasteiger partial charge in [0, 0.05) is 18.1 Å². The number of aryl methyl sites for hydroxylation is 3. The van der Waals surface area contributed by atoms with Gasteiger partial charge in [-0.1, -0.05) is 35.9 Å². The van der Waals surface area contributed by atoms with Crippen molar-refractivity contribution in [2.45, 2.75) is 19.8 Å². The number of nitrogens with zero attached hydrogens (tertiary/aromatic N) is 3. The van der Waals surface area contributed by atoms with Crippen LogP contribution in [0.4, 0.5) is 17.2 Å². The van der Waals surface area contributed by atoms with E-state index in [1.54, 1.807) is 12.4 Å². The van der Waals surface area contributed by atoms with Crippen LogP contribution in [0.2, 0.25) is 0 Å². The summed E-state index contributed by atoms with van der Waals surface area (Å²) in [7, 11) is 0. The van der Waals surface area contributed by atoms with Crippen LogP contribution < -0.4 is 4.90 Å². The summed E-state index contributed by atoms with van der Waals surface area (Å²) in [6.45, 7) is 2.11. The van der Waals surface area contributed by atoms with Gasteiger partial charge >= 0.3 is 0 Å². The van der Waals surface area contributed by atoms with E-state index in [4.69, 9.17) is 0 Å². The normalized spacial score (nSPS) is 13.2. The van der Waals surface area contributed by atoms with E-state index in [-0.39, 0.29) is 0 Å². The van der Waals surface area contributed by atoms with Gasteiger partial charge in [-0.15, -0.1) is 0 Å². The molecule has 0 aliphatic carbocycles.